The number of halogens is 1. The van der Waals surface area contributed by atoms with Gasteiger partial charge in [0.2, 0.25) is 5.91 Å². The molecule has 5 nitrogen and oxygen atoms in total. The zero-order valence-corrected chi connectivity index (χ0v) is 15.9. The second-order valence-electron chi connectivity index (χ2n) is 5.94. The monoisotopic (exact) mass is 397 g/mol. The van der Waals surface area contributed by atoms with Gasteiger partial charge in [-0.05, 0) is 23.8 Å². The third kappa shape index (κ3) is 3.97. The predicted molar refractivity (Wildman–Crippen MR) is 107 cm³/mol. The van der Waals surface area contributed by atoms with E-state index in [1.54, 1.807) is 17.2 Å². The molecule has 0 saturated heterocycles. The van der Waals surface area contributed by atoms with E-state index in [9.17, 15) is 4.79 Å². The molecule has 0 fully saturated rings. The summed E-state index contributed by atoms with van der Waals surface area (Å²) in [5.74, 6) is 0.604. The number of thiazole rings is 1. The lowest BCUT2D eigenvalue weighted by molar-refractivity contribution is -0.127. The van der Waals surface area contributed by atoms with E-state index >= 15 is 0 Å². The fourth-order valence-corrected chi connectivity index (χ4v) is 3.79. The third-order valence-corrected chi connectivity index (χ3v) is 5.13. The molecule has 136 valence electrons. The minimum Gasteiger partial charge on any atom is -0.467 e. The Kier molecular flexibility index (Phi) is 5.09. The Morgan fingerprint density at radius 1 is 1.22 bits per heavy atom. The van der Waals surface area contributed by atoms with Gasteiger partial charge in [-0.15, -0.1) is 11.3 Å². The average Bonchev–Trinajstić information content (AvgIpc) is 3.39. The second-order valence-corrected chi connectivity index (χ2v) is 7.17. The summed E-state index contributed by atoms with van der Waals surface area (Å²) < 4.78 is 7.28. The smallest absolute Gasteiger partial charge is 0.247 e. The number of carbonyl (C=O) groups is 1. The van der Waals surface area contributed by atoms with Crippen LogP contribution in [0.1, 0.15) is 17.0 Å². The van der Waals surface area contributed by atoms with Gasteiger partial charge in [0.1, 0.15) is 5.76 Å². The van der Waals surface area contributed by atoms with Gasteiger partial charge >= 0.3 is 0 Å². The summed E-state index contributed by atoms with van der Waals surface area (Å²) in [7, 11) is 0. The van der Waals surface area contributed by atoms with E-state index in [4.69, 9.17) is 16.0 Å². The molecule has 0 radical (unpaired) electrons. The van der Waals surface area contributed by atoms with Gasteiger partial charge in [0, 0.05) is 24.2 Å². The average molecular weight is 398 g/mol. The van der Waals surface area contributed by atoms with Crippen molar-refractivity contribution in [1.29, 1.82) is 0 Å². The molecule has 0 aliphatic heterocycles. The minimum atomic E-state index is -0.128. The molecule has 3 aromatic heterocycles. The van der Waals surface area contributed by atoms with Crippen molar-refractivity contribution >= 4 is 39.9 Å². The van der Waals surface area contributed by atoms with Crippen molar-refractivity contribution in [2.75, 3.05) is 0 Å². The quantitative estimate of drug-likeness (QED) is 0.435. The van der Waals surface area contributed by atoms with Crippen LogP contribution in [0.2, 0.25) is 5.15 Å². The third-order valence-electron chi connectivity index (χ3n) is 4.09. The first kappa shape index (κ1) is 17.6. The van der Waals surface area contributed by atoms with Gasteiger partial charge in [0.25, 0.3) is 0 Å². The number of benzene rings is 1. The van der Waals surface area contributed by atoms with E-state index in [1.807, 2.05) is 58.4 Å². The first-order valence-electron chi connectivity index (χ1n) is 8.35. The van der Waals surface area contributed by atoms with E-state index in [0.29, 0.717) is 23.9 Å². The minimum absolute atomic E-state index is 0.128. The Bertz CT molecular complexity index is 1070. The molecule has 4 aromatic rings. The van der Waals surface area contributed by atoms with Crippen molar-refractivity contribution in [2.24, 2.45) is 0 Å². The molecule has 1 amide bonds. The Hall–Kier alpha value is -2.83. The molecule has 1 aromatic carbocycles. The summed E-state index contributed by atoms with van der Waals surface area (Å²) in [5.41, 5.74) is 1.74. The molecule has 0 unspecified atom stereocenters. The van der Waals surface area contributed by atoms with E-state index < -0.39 is 0 Å². The first-order chi connectivity index (χ1) is 13.2. The topological polar surface area (TPSA) is 50.8 Å². The highest BCUT2D eigenvalue weighted by Gasteiger charge is 2.15. The number of furan rings is 1. The molecule has 0 N–H and O–H groups in total. The van der Waals surface area contributed by atoms with Crippen LogP contribution < -0.4 is 0 Å². The molecule has 0 spiro atoms. The fraction of sp³-hybridized carbons (Fsp3) is 0.100. The lowest BCUT2D eigenvalue weighted by Crippen LogP contribution is -2.28. The van der Waals surface area contributed by atoms with E-state index in [2.05, 4.69) is 4.98 Å². The Morgan fingerprint density at radius 2 is 2.07 bits per heavy atom. The van der Waals surface area contributed by atoms with Gasteiger partial charge in [-0.25, -0.2) is 4.98 Å². The van der Waals surface area contributed by atoms with Crippen molar-refractivity contribution in [3.8, 4) is 0 Å². The Morgan fingerprint density at radius 3 is 2.85 bits per heavy atom. The highest BCUT2D eigenvalue weighted by molar-refractivity contribution is 7.15. The number of fused-ring (bicyclic) bond motifs is 1. The maximum atomic E-state index is 12.9. The lowest BCUT2D eigenvalue weighted by Gasteiger charge is -2.20. The molecule has 27 heavy (non-hydrogen) atoms. The van der Waals surface area contributed by atoms with Crippen molar-refractivity contribution in [2.45, 2.75) is 13.1 Å². The standard InChI is InChI=1S/C20H16ClN3O2S/c21-19-17(24-10-12-27-20(24)22-19)8-9-18(25)23(14-16-7-4-11-26-16)13-15-5-2-1-3-6-15/h1-12H,13-14H2/b9-8+. The number of aromatic nitrogens is 2. The van der Waals surface area contributed by atoms with Crippen LogP contribution in [-0.2, 0) is 17.9 Å². The molecule has 0 saturated carbocycles. The van der Waals surface area contributed by atoms with Gasteiger partial charge in [-0.3, -0.25) is 9.20 Å². The number of nitrogens with zero attached hydrogens (tertiary/aromatic N) is 3. The van der Waals surface area contributed by atoms with Crippen LogP contribution in [0.5, 0.6) is 0 Å². The van der Waals surface area contributed by atoms with Crippen LogP contribution in [-0.4, -0.2) is 20.2 Å². The van der Waals surface area contributed by atoms with Gasteiger partial charge in [0.15, 0.2) is 10.1 Å². The van der Waals surface area contributed by atoms with Gasteiger partial charge in [-0.1, -0.05) is 41.9 Å². The summed E-state index contributed by atoms with van der Waals surface area (Å²) in [5, 5.41) is 2.31. The molecule has 0 aliphatic carbocycles. The van der Waals surface area contributed by atoms with E-state index in [1.165, 1.54) is 17.4 Å². The summed E-state index contributed by atoms with van der Waals surface area (Å²) in [6.07, 6.45) is 6.72. The Balaban J connectivity index is 1.57. The van der Waals surface area contributed by atoms with Crippen LogP contribution in [0, 0.1) is 0 Å². The van der Waals surface area contributed by atoms with E-state index in [0.717, 1.165) is 16.3 Å². The van der Waals surface area contributed by atoms with E-state index in [-0.39, 0.29) is 5.91 Å². The highest BCUT2D eigenvalue weighted by atomic mass is 35.5. The number of amides is 1. The maximum Gasteiger partial charge on any atom is 0.247 e. The number of imidazole rings is 1. The van der Waals surface area contributed by atoms with Crippen LogP contribution >= 0.6 is 22.9 Å². The van der Waals surface area contributed by atoms with Gasteiger partial charge in [0.05, 0.1) is 18.5 Å². The Labute approximate surface area is 165 Å². The molecule has 7 heteroatoms. The van der Waals surface area contributed by atoms with Crippen molar-refractivity contribution in [3.63, 3.8) is 0 Å². The largest absolute Gasteiger partial charge is 0.467 e. The summed E-state index contributed by atoms with van der Waals surface area (Å²) in [6.45, 7) is 0.873. The summed E-state index contributed by atoms with van der Waals surface area (Å²) >= 11 is 7.69. The zero-order chi connectivity index (χ0) is 18.6. The maximum absolute atomic E-state index is 12.9. The highest BCUT2D eigenvalue weighted by Crippen LogP contribution is 2.22. The van der Waals surface area contributed by atoms with Crippen LogP contribution in [0.3, 0.4) is 0 Å². The number of hydrogen-bond acceptors (Lipinski definition) is 4. The SMILES string of the molecule is O=C(/C=C/c1c(Cl)nc2sccn12)N(Cc1ccccc1)Cc1ccco1. The van der Waals surface area contributed by atoms with Gasteiger partial charge in [-0.2, -0.15) is 0 Å². The molecule has 0 bridgehead atoms. The summed E-state index contributed by atoms with van der Waals surface area (Å²) in [4.78, 5) is 19.7. The second kappa shape index (κ2) is 7.82. The summed E-state index contributed by atoms with van der Waals surface area (Å²) in [6, 6.07) is 13.5. The fourth-order valence-electron chi connectivity index (χ4n) is 2.79. The molecule has 0 atom stereocenters. The number of rotatable bonds is 6. The first-order valence-corrected chi connectivity index (χ1v) is 9.61. The number of hydrogen-bond donors (Lipinski definition) is 0. The zero-order valence-electron chi connectivity index (χ0n) is 14.3. The van der Waals surface area contributed by atoms with Crippen molar-refractivity contribution < 1.29 is 9.21 Å². The lowest BCUT2D eigenvalue weighted by atomic mass is 10.2. The molecule has 3 heterocycles. The number of carbonyl (C=O) groups excluding carboxylic acids is 1. The molecule has 4 rings (SSSR count). The van der Waals surface area contributed by atoms with Crippen molar-refractivity contribution in [1.82, 2.24) is 14.3 Å². The predicted octanol–water partition coefficient (Wildman–Crippen LogP) is 4.88. The van der Waals surface area contributed by atoms with Crippen LogP contribution in [0.4, 0.5) is 0 Å². The van der Waals surface area contributed by atoms with Crippen LogP contribution in [0.15, 0.2) is 70.8 Å². The normalized spacial score (nSPS) is 11.4. The molecular weight excluding hydrogens is 382 g/mol. The molecule has 0 aliphatic rings. The van der Waals surface area contributed by atoms with Crippen LogP contribution in [0.25, 0.3) is 11.0 Å². The molecular formula is C20H16ClN3O2S. The van der Waals surface area contributed by atoms with Gasteiger partial charge < -0.3 is 9.32 Å². The van der Waals surface area contributed by atoms with Crippen molar-refractivity contribution in [3.05, 3.63) is 88.6 Å².